The Bertz CT molecular complexity index is 867. The van der Waals surface area contributed by atoms with E-state index in [0.717, 1.165) is 28.9 Å². The number of aliphatic carboxylic acids is 1. The van der Waals surface area contributed by atoms with Gasteiger partial charge in [0.25, 0.3) is 0 Å². The van der Waals surface area contributed by atoms with Crippen molar-refractivity contribution in [3.05, 3.63) is 84.7 Å². The van der Waals surface area contributed by atoms with E-state index in [0.29, 0.717) is 6.42 Å². The first-order valence-electron chi connectivity index (χ1n) is 9.17. The number of aromatic nitrogens is 1. The summed E-state index contributed by atoms with van der Waals surface area (Å²) >= 11 is 0. The molecule has 1 heterocycles. The standard InChI is InChI=1S/C24H27NO2/c1-4-10-23-17-21(20-12-7-6-8-13-20)18-25(23)22(5-2)16-15-19(3)11-9-14-24(26)27/h4-8,10,12-13,15-18H,2,9,11,14H2,1,3H3,(H,26,27)/b10-4+,19-15+,22-16+. The molecule has 0 saturated heterocycles. The van der Waals surface area contributed by atoms with Crippen molar-refractivity contribution in [2.24, 2.45) is 0 Å². The van der Waals surface area contributed by atoms with Gasteiger partial charge in [-0.1, -0.05) is 54.6 Å². The summed E-state index contributed by atoms with van der Waals surface area (Å²) in [5.41, 5.74) is 5.53. The van der Waals surface area contributed by atoms with Gasteiger partial charge in [0.05, 0.1) is 0 Å². The van der Waals surface area contributed by atoms with E-state index in [1.165, 1.54) is 5.56 Å². The summed E-state index contributed by atoms with van der Waals surface area (Å²) in [7, 11) is 0. The Morgan fingerprint density at radius 3 is 2.52 bits per heavy atom. The molecule has 0 fully saturated rings. The topological polar surface area (TPSA) is 42.2 Å². The van der Waals surface area contributed by atoms with Crippen LogP contribution in [-0.2, 0) is 4.79 Å². The lowest BCUT2D eigenvalue weighted by Crippen LogP contribution is -1.95. The molecule has 0 aliphatic rings. The second-order valence-electron chi connectivity index (χ2n) is 6.45. The number of benzene rings is 1. The molecule has 0 unspecified atom stereocenters. The molecule has 3 nitrogen and oxygen atoms in total. The Morgan fingerprint density at radius 1 is 1.15 bits per heavy atom. The van der Waals surface area contributed by atoms with Crippen molar-refractivity contribution in [1.82, 2.24) is 4.57 Å². The van der Waals surface area contributed by atoms with Gasteiger partial charge in [0.1, 0.15) is 0 Å². The second kappa shape index (κ2) is 10.2. The van der Waals surface area contributed by atoms with Gasteiger partial charge in [0, 0.05) is 29.6 Å². The zero-order chi connectivity index (χ0) is 19.6. The summed E-state index contributed by atoms with van der Waals surface area (Å²) in [6.45, 7) is 7.99. The molecule has 0 radical (unpaired) electrons. The fourth-order valence-corrected chi connectivity index (χ4v) is 2.87. The van der Waals surface area contributed by atoms with Crippen LogP contribution in [0.3, 0.4) is 0 Å². The Balaban J connectivity index is 2.31. The summed E-state index contributed by atoms with van der Waals surface area (Å²) in [5, 5.41) is 8.75. The van der Waals surface area contributed by atoms with Gasteiger partial charge in [-0.15, -0.1) is 0 Å². The number of hydrogen-bond donors (Lipinski definition) is 1. The van der Waals surface area contributed by atoms with Gasteiger partial charge >= 0.3 is 5.97 Å². The Morgan fingerprint density at radius 2 is 1.89 bits per heavy atom. The first-order valence-corrected chi connectivity index (χ1v) is 9.17. The summed E-state index contributed by atoms with van der Waals surface area (Å²) in [6.07, 6.45) is 13.8. The van der Waals surface area contributed by atoms with Crippen LogP contribution in [0, 0.1) is 0 Å². The Kier molecular flexibility index (Phi) is 7.63. The van der Waals surface area contributed by atoms with Gasteiger partial charge in [0.2, 0.25) is 0 Å². The largest absolute Gasteiger partial charge is 0.481 e. The van der Waals surface area contributed by atoms with E-state index in [1.807, 2.05) is 56.4 Å². The first kappa shape index (κ1) is 20.2. The van der Waals surface area contributed by atoms with Crippen molar-refractivity contribution in [2.45, 2.75) is 33.1 Å². The Hall–Kier alpha value is -3.07. The molecule has 1 aromatic carbocycles. The fourth-order valence-electron chi connectivity index (χ4n) is 2.87. The van der Waals surface area contributed by atoms with Crippen LogP contribution in [0.15, 0.2) is 79.1 Å². The maximum Gasteiger partial charge on any atom is 0.303 e. The molecule has 2 rings (SSSR count). The minimum atomic E-state index is -0.748. The average Bonchev–Trinajstić information content (AvgIpc) is 3.07. The highest BCUT2D eigenvalue weighted by molar-refractivity contribution is 5.72. The quantitative estimate of drug-likeness (QED) is 0.524. The van der Waals surface area contributed by atoms with Crippen molar-refractivity contribution in [3.8, 4) is 11.1 Å². The van der Waals surface area contributed by atoms with Crippen LogP contribution in [0.1, 0.15) is 38.8 Å². The second-order valence-corrected chi connectivity index (χ2v) is 6.45. The predicted molar refractivity (Wildman–Crippen MR) is 114 cm³/mol. The average molecular weight is 361 g/mol. The lowest BCUT2D eigenvalue weighted by molar-refractivity contribution is -0.137. The number of allylic oxidation sites excluding steroid dienone is 6. The van der Waals surface area contributed by atoms with E-state index in [4.69, 9.17) is 5.11 Å². The molecule has 1 aromatic heterocycles. The van der Waals surface area contributed by atoms with Crippen molar-refractivity contribution < 1.29 is 9.90 Å². The molecule has 0 aliphatic heterocycles. The maximum atomic E-state index is 10.6. The highest BCUT2D eigenvalue weighted by atomic mass is 16.4. The van der Waals surface area contributed by atoms with Crippen LogP contribution >= 0.6 is 0 Å². The highest BCUT2D eigenvalue weighted by Crippen LogP contribution is 2.26. The molecule has 0 amide bonds. The molecule has 0 spiro atoms. The summed E-state index contributed by atoms with van der Waals surface area (Å²) in [5.74, 6) is -0.748. The third-order valence-corrected chi connectivity index (χ3v) is 4.28. The van der Waals surface area contributed by atoms with E-state index < -0.39 is 5.97 Å². The van der Waals surface area contributed by atoms with Crippen molar-refractivity contribution >= 4 is 17.7 Å². The van der Waals surface area contributed by atoms with Gasteiger partial charge in [-0.05, 0) is 56.5 Å². The maximum absolute atomic E-state index is 10.6. The third-order valence-electron chi connectivity index (χ3n) is 4.28. The number of nitrogens with zero attached hydrogens (tertiary/aromatic N) is 1. The van der Waals surface area contributed by atoms with Crippen LogP contribution in [0.2, 0.25) is 0 Å². The Labute approximate surface area is 161 Å². The zero-order valence-corrected chi connectivity index (χ0v) is 16.1. The predicted octanol–water partition coefficient (Wildman–Crippen LogP) is 6.42. The van der Waals surface area contributed by atoms with E-state index in [-0.39, 0.29) is 6.42 Å². The lowest BCUT2D eigenvalue weighted by atomic mass is 10.1. The molecule has 27 heavy (non-hydrogen) atoms. The summed E-state index contributed by atoms with van der Waals surface area (Å²) in [6, 6.07) is 12.5. The van der Waals surface area contributed by atoms with Gasteiger partial charge in [-0.2, -0.15) is 0 Å². The van der Waals surface area contributed by atoms with Crippen molar-refractivity contribution in [1.29, 1.82) is 0 Å². The number of carbonyl (C=O) groups is 1. The van der Waals surface area contributed by atoms with Crippen LogP contribution < -0.4 is 0 Å². The van der Waals surface area contributed by atoms with Crippen LogP contribution in [0.25, 0.3) is 22.9 Å². The van der Waals surface area contributed by atoms with E-state index in [2.05, 4.69) is 41.6 Å². The van der Waals surface area contributed by atoms with Crippen LogP contribution in [0.5, 0.6) is 0 Å². The third kappa shape index (κ3) is 6.00. The normalized spacial score (nSPS) is 12.5. The van der Waals surface area contributed by atoms with Gasteiger partial charge in [-0.3, -0.25) is 4.79 Å². The zero-order valence-electron chi connectivity index (χ0n) is 16.1. The number of hydrogen-bond acceptors (Lipinski definition) is 1. The molecule has 0 bridgehead atoms. The summed E-state index contributed by atoms with van der Waals surface area (Å²) < 4.78 is 2.12. The lowest BCUT2D eigenvalue weighted by Gasteiger charge is -2.07. The molecule has 3 heteroatoms. The van der Waals surface area contributed by atoms with E-state index in [9.17, 15) is 4.79 Å². The molecule has 0 saturated carbocycles. The monoisotopic (exact) mass is 361 g/mol. The van der Waals surface area contributed by atoms with E-state index >= 15 is 0 Å². The number of rotatable bonds is 9. The minimum absolute atomic E-state index is 0.201. The molecule has 0 aliphatic carbocycles. The van der Waals surface area contributed by atoms with Gasteiger partial charge in [-0.25, -0.2) is 0 Å². The van der Waals surface area contributed by atoms with Crippen molar-refractivity contribution in [3.63, 3.8) is 0 Å². The summed E-state index contributed by atoms with van der Waals surface area (Å²) in [4.78, 5) is 10.6. The SMILES string of the molecule is C=C/C(=C\C=C(/C)CCCC(=O)O)n1cc(-c2ccccc2)cc1/C=C/C. The number of carboxylic acids is 1. The van der Waals surface area contributed by atoms with E-state index in [1.54, 1.807) is 0 Å². The minimum Gasteiger partial charge on any atom is -0.481 e. The number of carboxylic acid groups (broad SMARTS) is 1. The molecule has 0 atom stereocenters. The molecule has 140 valence electrons. The molecular weight excluding hydrogens is 334 g/mol. The molecule has 2 aromatic rings. The fraction of sp³-hybridized carbons (Fsp3) is 0.208. The first-order chi connectivity index (χ1) is 13.0. The van der Waals surface area contributed by atoms with Crippen LogP contribution in [0.4, 0.5) is 0 Å². The van der Waals surface area contributed by atoms with Crippen LogP contribution in [-0.4, -0.2) is 15.6 Å². The molecule has 1 N–H and O–H groups in total. The molecular formula is C24H27NO2. The smallest absolute Gasteiger partial charge is 0.303 e. The van der Waals surface area contributed by atoms with Crippen molar-refractivity contribution in [2.75, 3.05) is 0 Å². The highest BCUT2D eigenvalue weighted by Gasteiger charge is 2.07. The van der Waals surface area contributed by atoms with Gasteiger partial charge < -0.3 is 9.67 Å². The van der Waals surface area contributed by atoms with Gasteiger partial charge in [0.15, 0.2) is 0 Å².